The van der Waals surface area contributed by atoms with E-state index in [0.717, 1.165) is 10.0 Å². The maximum Gasteiger partial charge on any atom is 0.363 e. The number of cyclic esters (lactones) is 1. The van der Waals surface area contributed by atoms with Crippen molar-refractivity contribution in [2.45, 2.75) is 0 Å². The van der Waals surface area contributed by atoms with Gasteiger partial charge in [0.25, 0.3) is 0 Å². The molecule has 0 N–H and O–H groups in total. The van der Waals surface area contributed by atoms with Crippen molar-refractivity contribution in [1.29, 1.82) is 0 Å². The van der Waals surface area contributed by atoms with Gasteiger partial charge in [0.05, 0.1) is 10.6 Å². The summed E-state index contributed by atoms with van der Waals surface area (Å²) in [4.78, 5) is 16.4. The highest BCUT2D eigenvalue weighted by atomic mass is 79.9. The fraction of sp³-hybridized carbons (Fsp3) is 0.0588. The fourth-order valence-electron chi connectivity index (χ4n) is 2.35. The normalized spacial score (nSPS) is 17.2. The Balaban J connectivity index is 1.73. The summed E-state index contributed by atoms with van der Waals surface area (Å²) in [6, 6.07) is 10.6. The molecule has 0 saturated carbocycles. The maximum absolute atomic E-state index is 12.1. The van der Waals surface area contributed by atoms with Crippen molar-refractivity contribution >= 4 is 45.5 Å². The van der Waals surface area contributed by atoms with Gasteiger partial charge in [-0.3, -0.25) is 0 Å². The van der Waals surface area contributed by atoms with Gasteiger partial charge >= 0.3 is 5.97 Å². The molecule has 5 nitrogen and oxygen atoms in total. The van der Waals surface area contributed by atoms with Crippen LogP contribution >= 0.6 is 27.5 Å². The van der Waals surface area contributed by atoms with Crippen LogP contribution in [0, 0.1) is 0 Å². The van der Waals surface area contributed by atoms with Crippen molar-refractivity contribution in [3.63, 3.8) is 0 Å². The second-order valence-corrected chi connectivity index (χ2v) is 6.30. The number of halogens is 2. The molecule has 0 amide bonds. The van der Waals surface area contributed by atoms with Gasteiger partial charge in [-0.2, -0.15) is 0 Å². The third-order valence-electron chi connectivity index (χ3n) is 3.51. The number of hydrogen-bond donors (Lipinski definition) is 0. The van der Waals surface area contributed by atoms with Crippen LogP contribution in [0.25, 0.3) is 6.08 Å². The summed E-state index contributed by atoms with van der Waals surface area (Å²) >= 11 is 9.57. The number of fused-ring (bicyclic) bond motifs is 1. The van der Waals surface area contributed by atoms with Crippen LogP contribution in [0.15, 0.2) is 51.6 Å². The first kappa shape index (κ1) is 15.2. The Labute approximate surface area is 150 Å². The van der Waals surface area contributed by atoms with E-state index in [9.17, 15) is 4.79 Å². The number of hydrogen-bond acceptors (Lipinski definition) is 5. The van der Waals surface area contributed by atoms with Gasteiger partial charge in [-0.25, -0.2) is 9.79 Å². The number of carbonyl (C=O) groups excluding carboxylic acids is 1. The third kappa shape index (κ3) is 2.68. The minimum atomic E-state index is -0.533. The van der Waals surface area contributed by atoms with E-state index in [1.54, 1.807) is 42.5 Å². The summed E-state index contributed by atoms with van der Waals surface area (Å²) in [5.41, 5.74) is 1.49. The molecule has 0 bridgehead atoms. The topological polar surface area (TPSA) is 57.1 Å². The number of esters is 1. The first-order chi connectivity index (χ1) is 11.6. The number of benzene rings is 2. The molecule has 0 saturated heterocycles. The Morgan fingerprint density at radius 1 is 1.17 bits per heavy atom. The molecule has 0 radical (unpaired) electrons. The van der Waals surface area contributed by atoms with Crippen LogP contribution in [-0.2, 0) is 9.53 Å². The molecule has 0 unspecified atom stereocenters. The second-order valence-electron chi connectivity index (χ2n) is 5.04. The monoisotopic (exact) mass is 405 g/mol. The molecule has 4 rings (SSSR count). The Bertz CT molecular complexity index is 923. The molecule has 0 atom stereocenters. The zero-order valence-corrected chi connectivity index (χ0v) is 14.4. The number of nitrogens with zero attached hydrogens (tertiary/aromatic N) is 1. The van der Waals surface area contributed by atoms with Crippen molar-refractivity contribution < 1.29 is 19.0 Å². The average Bonchev–Trinajstić information content (AvgIpc) is 3.15. The first-order valence-corrected chi connectivity index (χ1v) is 8.15. The molecule has 2 aromatic rings. The minimum Gasteiger partial charge on any atom is -0.454 e. The van der Waals surface area contributed by atoms with Crippen LogP contribution in [0.5, 0.6) is 11.5 Å². The molecule has 2 aromatic carbocycles. The lowest BCUT2D eigenvalue weighted by Crippen LogP contribution is -2.05. The zero-order valence-electron chi connectivity index (χ0n) is 12.1. The quantitative estimate of drug-likeness (QED) is 0.555. The van der Waals surface area contributed by atoms with Gasteiger partial charge in [0, 0.05) is 4.47 Å². The van der Waals surface area contributed by atoms with Crippen molar-refractivity contribution in [1.82, 2.24) is 0 Å². The molecule has 0 aliphatic carbocycles. The highest BCUT2D eigenvalue weighted by Crippen LogP contribution is 2.38. The van der Waals surface area contributed by atoms with Crippen LogP contribution in [0.3, 0.4) is 0 Å². The summed E-state index contributed by atoms with van der Waals surface area (Å²) < 4.78 is 16.6. The van der Waals surface area contributed by atoms with Crippen molar-refractivity contribution in [2.75, 3.05) is 6.79 Å². The summed E-state index contributed by atoms with van der Waals surface area (Å²) in [5.74, 6) is 0.924. The summed E-state index contributed by atoms with van der Waals surface area (Å²) in [6.45, 7) is 0.179. The third-order valence-corrected chi connectivity index (χ3v) is 4.53. The highest BCUT2D eigenvalue weighted by molar-refractivity contribution is 9.10. The smallest absolute Gasteiger partial charge is 0.363 e. The van der Waals surface area contributed by atoms with Crippen LogP contribution < -0.4 is 9.47 Å². The summed E-state index contributed by atoms with van der Waals surface area (Å²) in [6.07, 6.45) is 1.62. The largest absolute Gasteiger partial charge is 0.454 e. The molecule has 24 heavy (non-hydrogen) atoms. The van der Waals surface area contributed by atoms with Gasteiger partial charge in [0.1, 0.15) is 0 Å². The summed E-state index contributed by atoms with van der Waals surface area (Å²) in [7, 11) is 0. The Hall–Kier alpha value is -2.31. The molecular formula is C17H9BrClNO4. The lowest BCUT2D eigenvalue weighted by atomic mass is 10.1. The van der Waals surface area contributed by atoms with Crippen LogP contribution in [0.2, 0.25) is 5.02 Å². The van der Waals surface area contributed by atoms with Crippen LogP contribution in [-0.4, -0.2) is 18.7 Å². The molecule has 0 spiro atoms. The summed E-state index contributed by atoms with van der Waals surface area (Å²) in [5, 5.41) is 0.467. The van der Waals surface area contributed by atoms with Crippen LogP contribution in [0.1, 0.15) is 11.1 Å². The van der Waals surface area contributed by atoms with Crippen molar-refractivity contribution in [3.8, 4) is 11.5 Å². The van der Waals surface area contributed by atoms with Gasteiger partial charge < -0.3 is 14.2 Å². The molecule has 0 fully saturated rings. The van der Waals surface area contributed by atoms with E-state index >= 15 is 0 Å². The highest BCUT2D eigenvalue weighted by Gasteiger charge is 2.26. The molecule has 2 heterocycles. The van der Waals surface area contributed by atoms with E-state index in [1.165, 1.54) is 0 Å². The van der Waals surface area contributed by atoms with E-state index in [0.29, 0.717) is 22.1 Å². The van der Waals surface area contributed by atoms with Gasteiger partial charge in [-0.15, -0.1) is 0 Å². The fourth-order valence-corrected chi connectivity index (χ4v) is 3.00. The SMILES string of the molecule is O=C1OC(c2ccccc2Cl)=NC1=Cc1cc2c(cc1Br)OCO2. The predicted octanol–water partition coefficient (Wildman–Crippen LogP) is 4.18. The maximum atomic E-state index is 12.1. The Morgan fingerprint density at radius 3 is 2.71 bits per heavy atom. The van der Waals surface area contributed by atoms with Crippen LogP contribution in [0.4, 0.5) is 0 Å². The van der Waals surface area contributed by atoms with Gasteiger partial charge in [0.2, 0.25) is 12.7 Å². The van der Waals surface area contributed by atoms with E-state index in [2.05, 4.69) is 20.9 Å². The molecule has 2 aliphatic rings. The van der Waals surface area contributed by atoms with E-state index in [-0.39, 0.29) is 18.4 Å². The first-order valence-electron chi connectivity index (χ1n) is 6.98. The van der Waals surface area contributed by atoms with E-state index in [4.69, 9.17) is 25.8 Å². The standard InChI is InChI=1S/C17H9BrClNO4/c18-11-7-15-14(22-8-23-15)6-9(11)5-13-17(21)24-16(20-13)10-3-1-2-4-12(10)19/h1-7H,8H2. The lowest BCUT2D eigenvalue weighted by molar-refractivity contribution is -0.129. The molecule has 2 aliphatic heterocycles. The molecule has 0 aromatic heterocycles. The number of ether oxygens (including phenoxy) is 3. The van der Waals surface area contributed by atoms with Gasteiger partial charge in [-0.05, 0) is 35.9 Å². The number of aliphatic imine (C=N–C) groups is 1. The van der Waals surface area contributed by atoms with E-state index in [1.807, 2.05) is 0 Å². The van der Waals surface area contributed by atoms with Crippen molar-refractivity contribution in [3.05, 3.63) is 62.7 Å². The number of rotatable bonds is 2. The Kier molecular flexibility index (Phi) is 3.78. The molecular weight excluding hydrogens is 398 g/mol. The lowest BCUT2D eigenvalue weighted by Gasteiger charge is -2.02. The molecule has 7 heteroatoms. The van der Waals surface area contributed by atoms with Crippen molar-refractivity contribution in [2.24, 2.45) is 4.99 Å². The zero-order chi connectivity index (χ0) is 16.7. The second kappa shape index (κ2) is 5.96. The van der Waals surface area contributed by atoms with Gasteiger partial charge in [0.15, 0.2) is 17.2 Å². The minimum absolute atomic E-state index is 0.179. The Morgan fingerprint density at radius 2 is 1.92 bits per heavy atom. The number of carbonyl (C=O) groups is 1. The predicted molar refractivity (Wildman–Crippen MR) is 92.3 cm³/mol. The van der Waals surface area contributed by atoms with Gasteiger partial charge in [-0.1, -0.05) is 39.7 Å². The van der Waals surface area contributed by atoms with E-state index < -0.39 is 5.97 Å². The molecule has 120 valence electrons. The average molecular weight is 407 g/mol.